The van der Waals surface area contributed by atoms with E-state index in [0.29, 0.717) is 57.1 Å². The number of nitrogens with zero attached hydrogens (tertiary/aromatic N) is 7. The monoisotopic (exact) mass is 1320 g/mol. The predicted molar refractivity (Wildman–Crippen MR) is 376 cm³/mol. The van der Waals surface area contributed by atoms with Crippen LogP contribution in [0, 0.1) is 27.8 Å². The number of nitrogens with one attached hydrogen (secondary N) is 2. The van der Waals surface area contributed by atoms with Gasteiger partial charge in [0.15, 0.2) is 0 Å². The zero-order valence-corrected chi connectivity index (χ0v) is 54.4. The van der Waals surface area contributed by atoms with Gasteiger partial charge in [0.05, 0.1) is 83.9 Å². The van der Waals surface area contributed by atoms with E-state index in [2.05, 4.69) is 59.2 Å². The summed E-state index contributed by atoms with van der Waals surface area (Å²) >= 11 is 0. The topological polar surface area (TPSA) is 247 Å². The van der Waals surface area contributed by atoms with E-state index in [-0.39, 0.29) is 40.7 Å². The van der Waals surface area contributed by atoms with Gasteiger partial charge < -0.3 is 50.2 Å². The fourth-order valence-corrected chi connectivity index (χ4v) is 13.0. The standard InChI is InChI=1S/C28H29N3O2.C27H27N3O2.C15H12N2O3.C7H4FNO4/c1-29-24-11-7-6-10-23(24)28(33)30(2)26-19-22(12-13-25(26)29)27(32)31-16-14-21(15-17-31)18-20-8-4-3-5-9-20;1-29-24-10-6-5-9-22(24)26(31)28-23-18-21(11-12-25(23)29)27(32)30-15-13-20(14-16-30)17-19-7-3-2-4-8-19;1-17-12-5-3-2-4-10(12)14(18)16-11-8-9(15(19)20)6-7-13(11)17;8-5-3-4(7(10)11)1-2-6(5)9(12)13/h3-13,19,21H,14-18H2,1-2H3;2-12,18,20H,13-17H2,1H3,(H,28,31);2-8H,1H3,(H,16,18)(H,19,20);1-3H,(H,10,11). The summed E-state index contributed by atoms with van der Waals surface area (Å²) in [6.07, 6.45) is 6.20. The first-order valence-electron chi connectivity index (χ1n) is 32.1. The first-order valence-corrected chi connectivity index (χ1v) is 32.1. The number of aromatic carboxylic acids is 2. The average Bonchev–Trinajstić information content (AvgIpc) is 1.62. The molecule has 5 amide bonds. The Morgan fingerprint density at radius 3 is 1.26 bits per heavy atom. The Hall–Kier alpha value is -12.0. The minimum atomic E-state index is -1.33. The van der Waals surface area contributed by atoms with Crippen LogP contribution >= 0.6 is 0 Å². The van der Waals surface area contributed by atoms with Crippen LogP contribution in [0.4, 0.5) is 61.3 Å². The normalized spacial score (nSPS) is 14.7. The quantitative estimate of drug-likeness (QED) is 0.0776. The highest BCUT2D eigenvalue weighted by Gasteiger charge is 2.32. The van der Waals surface area contributed by atoms with Crippen molar-refractivity contribution >= 4 is 98.3 Å². The lowest BCUT2D eigenvalue weighted by Crippen LogP contribution is -2.39. The molecule has 2 fully saturated rings. The molecule has 9 aromatic rings. The molecule has 9 aromatic carbocycles. The molecule has 498 valence electrons. The summed E-state index contributed by atoms with van der Waals surface area (Å²) in [4.78, 5) is 107. The molecule has 5 aliphatic rings. The molecule has 2 saturated heterocycles. The van der Waals surface area contributed by atoms with E-state index < -0.39 is 28.4 Å². The maximum absolute atomic E-state index is 13.3. The molecular weight excluding hydrogens is 1250 g/mol. The fourth-order valence-electron chi connectivity index (χ4n) is 13.0. The summed E-state index contributed by atoms with van der Waals surface area (Å²) in [5.74, 6) is -2.66. The first kappa shape index (κ1) is 67.4. The molecule has 20 nitrogen and oxygen atoms in total. The number of para-hydroxylation sites is 3. The fraction of sp³-hybridized carbons (Fsp3) is 0.208. The van der Waals surface area contributed by atoms with E-state index in [1.807, 2.05) is 155 Å². The number of hydrogen-bond acceptors (Lipinski definition) is 12. The lowest BCUT2D eigenvalue weighted by molar-refractivity contribution is -0.387. The Morgan fingerprint density at radius 2 is 0.806 bits per heavy atom. The van der Waals surface area contributed by atoms with Crippen molar-refractivity contribution in [2.75, 3.05) is 84.6 Å². The number of carbonyl (C=O) groups excluding carboxylic acids is 5. The summed E-state index contributed by atoms with van der Waals surface area (Å²) in [5.41, 5.74) is 11.9. The maximum atomic E-state index is 13.3. The maximum Gasteiger partial charge on any atom is 0.335 e. The van der Waals surface area contributed by atoms with Crippen molar-refractivity contribution in [3.63, 3.8) is 0 Å². The number of likely N-dealkylation sites (tertiary alicyclic amines) is 2. The highest BCUT2D eigenvalue weighted by molar-refractivity contribution is 6.16. The molecule has 0 aromatic heterocycles. The van der Waals surface area contributed by atoms with Crippen molar-refractivity contribution < 1.29 is 53.1 Å². The number of anilines is 9. The molecule has 5 aliphatic heterocycles. The summed E-state index contributed by atoms with van der Waals surface area (Å²) < 4.78 is 12.8. The van der Waals surface area contributed by atoms with Crippen LogP contribution in [-0.2, 0) is 12.8 Å². The summed E-state index contributed by atoms with van der Waals surface area (Å²) in [7, 11) is 7.53. The number of benzene rings is 9. The largest absolute Gasteiger partial charge is 0.478 e. The van der Waals surface area contributed by atoms with Gasteiger partial charge in [-0.3, -0.25) is 34.1 Å². The third kappa shape index (κ3) is 14.9. The van der Waals surface area contributed by atoms with Crippen molar-refractivity contribution in [2.45, 2.75) is 38.5 Å². The summed E-state index contributed by atoms with van der Waals surface area (Å²) in [5, 5.41) is 33.3. The van der Waals surface area contributed by atoms with Crippen LogP contribution in [0.2, 0.25) is 0 Å². The van der Waals surface area contributed by atoms with Gasteiger partial charge >= 0.3 is 17.6 Å². The van der Waals surface area contributed by atoms with Crippen molar-refractivity contribution in [3.8, 4) is 0 Å². The zero-order valence-electron chi connectivity index (χ0n) is 54.4. The highest BCUT2D eigenvalue weighted by atomic mass is 19.1. The molecule has 0 unspecified atom stereocenters. The molecule has 21 heteroatoms. The summed E-state index contributed by atoms with van der Waals surface area (Å²) in [6, 6.07) is 62.0. The molecule has 14 rings (SSSR count). The van der Waals surface area contributed by atoms with Crippen LogP contribution < -0.4 is 30.2 Å². The minimum Gasteiger partial charge on any atom is -0.478 e. The van der Waals surface area contributed by atoms with Crippen molar-refractivity contribution in [2.24, 2.45) is 11.8 Å². The second-order valence-corrected chi connectivity index (χ2v) is 24.6. The summed E-state index contributed by atoms with van der Waals surface area (Å²) in [6.45, 7) is 3.08. The number of piperidine rings is 2. The van der Waals surface area contributed by atoms with E-state index in [0.717, 1.165) is 117 Å². The van der Waals surface area contributed by atoms with Gasteiger partial charge in [0.1, 0.15) is 0 Å². The molecule has 5 heterocycles. The van der Waals surface area contributed by atoms with Crippen molar-refractivity contribution in [3.05, 3.63) is 272 Å². The first-order chi connectivity index (χ1) is 47.2. The minimum absolute atomic E-state index is 0.0321. The van der Waals surface area contributed by atoms with Crippen LogP contribution in [0.1, 0.15) is 109 Å². The van der Waals surface area contributed by atoms with Crippen LogP contribution in [-0.4, -0.2) is 121 Å². The molecule has 0 aliphatic carbocycles. The Balaban J connectivity index is 0.000000139. The zero-order chi connectivity index (χ0) is 69.3. The smallest absolute Gasteiger partial charge is 0.335 e. The van der Waals surface area contributed by atoms with Gasteiger partial charge in [-0.2, -0.15) is 4.39 Å². The van der Waals surface area contributed by atoms with Gasteiger partial charge in [0.25, 0.3) is 29.5 Å². The van der Waals surface area contributed by atoms with Crippen LogP contribution in [0.15, 0.2) is 206 Å². The number of carbonyl (C=O) groups is 7. The number of carboxylic acid groups (broad SMARTS) is 2. The van der Waals surface area contributed by atoms with Gasteiger partial charge in [0.2, 0.25) is 5.82 Å². The molecule has 0 atom stereocenters. The van der Waals surface area contributed by atoms with Crippen LogP contribution in [0.5, 0.6) is 0 Å². The third-order valence-corrected chi connectivity index (χ3v) is 18.4. The van der Waals surface area contributed by atoms with Gasteiger partial charge in [-0.1, -0.05) is 97.1 Å². The molecule has 4 N–H and O–H groups in total. The van der Waals surface area contributed by atoms with E-state index in [1.54, 1.807) is 30.1 Å². The second-order valence-electron chi connectivity index (χ2n) is 24.6. The average molecular weight is 1320 g/mol. The van der Waals surface area contributed by atoms with Crippen LogP contribution in [0.3, 0.4) is 0 Å². The number of nitro benzene ring substituents is 1. The van der Waals surface area contributed by atoms with Gasteiger partial charge in [0, 0.05) is 71.6 Å². The molecule has 0 spiro atoms. The van der Waals surface area contributed by atoms with Gasteiger partial charge in [-0.25, -0.2) is 9.59 Å². The number of halogens is 1. The van der Waals surface area contributed by atoms with Crippen molar-refractivity contribution in [1.82, 2.24) is 9.80 Å². The van der Waals surface area contributed by atoms with E-state index in [9.17, 15) is 48.1 Å². The number of amides is 5. The van der Waals surface area contributed by atoms with Gasteiger partial charge in [-0.15, -0.1) is 0 Å². The molecule has 0 radical (unpaired) electrons. The Labute approximate surface area is 565 Å². The van der Waals surface area contributed by atoms with Crippen LogP contribution in [0.25, 0.3) is 0 Å². The Morgan fingerprint density at radius 1 is 0.439 bits per heavy atom. The van der Waals surface area contributed by atoms with E-state index >= 15 is 0 Å². The lowest BCUT2D eigenvalue weighted by Gasteiger charge is -2.32. The van der Waals surface area contributed by atoms with Crippen molar-refractivity contribution in [1.29, 1.82) is 0 Å². The third-order valence-electron chi connectivity index (χ3n) is 18.4. The number of fused-ring (bicyclic) bond motifs is 6. The molecule has 98 heavy (non-hydrogen) atoms. The Kier molecular flexibility index (Phi) is 20.5. The molecule has 0 bridgehead atoms. The van der Waals surface area contributed by atoms with E-state index in [1.165, 1.54) is 23.3 Å². The number of hydrogen-bond donors (Lipinski definition) is 4. The van der Waals surface area contributed by atoms with Gasteiger partial charge in [-0.05, 0) is 165 Å². The highest BCUT2D eigenvalue weighted by Crippen LogP contribution is 2.42. The predicted octanol–water partition coefficient (Wildman–Crippen LogP) is 14.4. The molecule has 0 saturated carbocycles. The van der Waals surface area contributed by atoms with E-state index in [4.69, 9.17) is 10.2 Å². The number of carboxylic acids is 2. The molecular formula is C77H72FN9O11. The number of rotatable bonds is 9. The number of nitro groups is 1. The lowest BCUT2D eigenvalue weighted by atomic mass is 9.90. The second kappa shape index (κ2) is 29.7. The Bertz CT molecular complexity index is 4540. The SMILES string of the molecule is CN1C(=O)c2ccccc2N(C)c2ccc(C(=O)N3CCC(Cc4ccccc4)CC3)cc21.CN1c2ccc(C(=O)N3CCC(Cc4ccccc4)CC3)cc2NC(=O)c2ccccc21.CN1c2ccc(C(=O)O)cc2NC(=O)c2ccccc21.O=C(O)c1ccc([N+](=O)[O-])c(F)c1.